The van der Waals surface area contributed by atoms with Crippen molar-refractivity contribution in [3.05, 3.63) is 103 Å². The predicted octanol–water partition coefficient (Wildman–Crippen LogP) is 5.45. The zero-order valence-corrected chi connectivity index (χ0v) is 17.9. The monoisotopic (exact) mass is 443 g/mol. The molecule has 0 atom stereocenters. The highest BCUT2D eigenvalue weighted by Crippen LogP contribution is 2.37. The van der Waals surface area contributed by atoms with Crippen LogP contribution in [0, 0.1) is 12.7 Å². The van der Waals surface area contributed by atoms with Gasteiger partial charge < -0.3 is 0 Å². The van der Waals surface area contributed by atoms with E-state index in [1.54, 1.807) is 80.1 Å². The summed E-state index contributed by atoms with van der Waals surface area (Å²) in [7, 11) is -3.86. The Morgan fingerprint density at radius 1 is 0.844 bits per heavy atom. The van der Waals surface area contributed by atoms with Gasteiger partial charge in [0, 0.05) is 40.7 Å². The van der Waals surface area contributed by atoms with Gasteiger partial charge >= 0.3 is 0 Å². The van der Waals surface area contributed by atoms with Gasteiger partial charge in [-0.05, 0) is 61.0 Å². The lowest BCUT2D eigenvalue weighted by atomic mass is 9.98. The highest BCUT2D eigenvalue weighted by Gasteiger charge is 2.23. The van der Waals surface area contributed by atoms with Crippen LogP contribution in [0.3, 0.4) is 0 Å². The van der Waals surface area contributed by atoms with Crippen molar-refractivity contribution in [2.75, 3.05) is 0 Å². The van der Waals surface area contributed by atoms with Gasteiger partial charge in [0.25, 0.3) is 10.0 Å². The average molecular weight is 444 g/mol. The van der Waals surface area contributed by atoms with Crippen LogP contribution < -0.4 is 0 Å². The predicted molar refractivity (Wildman–Crippen MR) is 122 cm³/mol. The molecule has 0 amide bonds. The van der Waals surface area contributed by atoms with E-state index in [0.717, 1.165) is 11.1 Å². The highest BCUT2D eigenvalue weighted by molar-refractivity contribution is 7.90. The van der Waals surface area contributed by atoms with Crippen molar-refractivity contribution in [2.45, 2.75) is 11.8 Å². The van der Waals surface area contributed by atoms with Gasteiger partial charge in [-0.25, -0.2) is 21.8 Å². The summed E-state index contributed by atoms with van der Waals surface area (Å²) in [5.74, 6) is -0.291. The molecule has 0 bridgehead atoms. The van der Waals surface area contributed by atoms with Crippen LogP contribution in [0.1, 0.15) is 5.56 Å². The Morgan fingerprint density at radius 3 is 2.38 bits per heavy atom. The minimum Gasteiger partial charge on any atom is -0.256 e. The molecule has 0 aliphatic carbocycles. The van der Waals surface area contributed by atoms with Crippen molar-refractivity contribution in [3.8, 4) is 22.4 Å². The number of aryl methyl sites for hydroxylation is 1. The van der Waals surface area contributed by atoms with E-state index >= 15 is 0 Å². The van der Waals surface area contributed by atoms with Crippen LogP contribution in [0.25, 0.3) is 33.4 Å². The van der Waals surface area contributed by atoms with Crippen LogP contribution >= 0.6 is 0 Å². The standard InChI is InChI=1S/C25H18FN3O2S/c1-17-15-18(11-12-23(17)26)24-20(9-5-13-27-24)22-16-29(25-21(22)10-6-14-28-25)32(30,31)19-7-3-2-4-8-19/h2-16H,1H3. The Hall–Kier alpha value is -3.84. The second-order valence-corrected chi connectivity index (χ2v) is 9.21. The van der Waals surface area contributed by atoms with Crippen molar-refractivity contribution in [2.24, 2.45) is 0 Å². The van der Waals surface area contributed by atoms with Crippen molar-refractivity contribution in [1.29, 1.82) is 0 Å². The maximum atomic E-state index is 13.8. The van der Waals surface area contributed by atoms with E-state index in [-0.39, 0.29) is 10.7 Å². The lowest BCUT2D eigenvalue weighted by Gasteiger charge is -2.09. The third-order valence-electron chi connectivity index (χ3n) is 5.36. The first kappa shape index (κ1) is 20.1. The second-order valence-electron chi connectivity index (χ2n) is 7.39. The number of fused-ring (bicyclic) bond motifs is 1. The van der Waals surface area contributed by atoms with Crippen LogP contribution in [0.2, 0.25) is 0 Å². The Bertz CT molecular complexity index is 1560. The third kappa shape index (κ3) is 3.27. The molecule has 0 N–H and O–H groups in total. The normalized spacial score (nSPS) is 11.7. The number of benzene rings is 2. The lowest BCUT2D eigenvalue weighted by Crippen LogP contribution is -2.12. The molecule has 3 aromatic heterocycles. The Labute approximate surface area is 184 Å². The summed E-state index contributed by atoms with van der Waals surface area (Å²) in [6, 6.07) is 20.3. The van der Waals surface area contributed by atoms with Crippen molar-refractivity contribution < 1.29 is 12.8 Å². The van der Waals surface area contributed by atoms with Crippen molar-refractivity contribution in [3.63, 3.8) is 0 Å². The molecular formula is C25H18FN3O2S. The molecular weight excluding hydrogens is 425 g/mol. The molecule has 0 spiro atoms. The first-order valence-corrected chi connectivity index (χ1v) is 11.4. The van der Waals surface area contributed by atoms with Crippen molar-refractivity contribution in [1.82, 2.24) is 13.9 Å². The number of aromatic nitrogens is 3. The third-order valence-corrected chi connectivity index (χ3v) is 7.03. The molecule has 0 saturated heterocycles. The molecule has 0 fully saturated rings. The maximum Gasteiger partial charge on any atom is 0.269 e. The first-order valence-electron chi connectivity index (χ1n) is 9.95. The van der Waals surface area contributed by atoms with E-state index in [4.69, 9.17) is 0 Å². The van der Waals surface area contributed by atoms with E-state index < -0.39 is 10.0 Å². The number of hydrogen-bond acceptors (Lipinski definition) is 4. The van der Waals surface area contributed by atoms with Gasteiger partial charge in [-0.15, -0.1) is 0 Å². The summed E-state index contributed by atoms with van der Waals surface area (Å²) < 4.78 is 41.8. The molecule has 0 aliphatic heterocycles. The molecule has 5 aromatic rings. The number of rotatable bonds is 4. The minimum atomic E-state index is -3.86. The summed E-state index contributed by atoms with van der Waals surface area (Å²) in [6.07, 6.45) is 4.81. The second kappa shape index (κ2) is 7.69. The number of pyridine rings is 2. The fourth-order valence-corrected chi connectivity index (χ4v) is 5.12. The summed E-state index contributed by atoms with van der Waals surface area (Å²) >= 11 is 0. The molecule has 5 rings (SSSR count). The minimum absolute atomic E-state index is 0.176. The zero-order chi connectivity index (χ0) is 22.3. The Kier molecular flexibility index (Phi) is 4.83. The molecule has 32 heavy (non-hydrogen) atoms. The van der Waals surface area contributed by atoms with Gasteiger partial charge in [0.05, 0.1) is 10.6 Å². The van der Waals surface area contributed by atoms with E-state index in [0.29, 0.717) is 27.9 Å². The lowest BCUT2D eigenvalue weighted by molar-refractivity contribution is 0.589. The number of halogens is 1. The van der Waals surface area contributed by atoms with Crippen molar-refractivity contribution >= 4 is 21.1 Å². The van der Waals surface area contributed by atoms with E-state index in [1.165, 1.54) is 10.0 Å². The summed E-state index contributed by atoms with van der Waals surface area (Å²) in [4.78, 5) is 9.07. The van der Waals surface area contributed by atoms with Gasteiger partial charge in [0.1, 0.15) is 5.82 Å². The molecule has 5 nitrogen and oxygen atoms in total. The fourth-order valence-electron chi connectivity index (χ4n) is 3.78. The molecule has 7 heteroatoms. The number of hydrogen-bond donors (Lipinski definition) is 0. The smallest absolute Gasteiger partial charge is 0.256 e. The highest BCUT2D eigenvalue weighted by atomic mass is 32.2. The Morgan fingerprint density at radius 2 is 1.59 bits per heavy atom. The van der Waals surface area contributed by atoms with Gasteiger partial charge in [-0.3, -0.25) is 4.98 Å². The van der Waals surface area contributed by atoms with Crippen LogP contribution in [-0.4, -0.2) is 22.4 Å². The van der Waals surface area contributed by atoms with Crippen LogP contribution in [0.5, 0.6) is 0 Å². The SMILES string of the molecule is Cc1cc(-c2ncccc2-c2cn(S(=O)(=O)c3ccccc3)c3ncccc23)ccc1F. The quantitative estimate of drug-likeness (QED) is 0.371. The van der Waals surface area contributed by atoms with Gasteiger partial charge in [-0.2, -0.15) is 0 Å². The van der Waals surface area contributed by atoms with E-state index in [1.807, 2.05) is 12.1 Å². The molecule has 0 radical (unpaired) electrons. The summed E-state index contributed by atoms with van der Waals surface area (Å²) in [5, 5.41) is 0.681. The Balaban J connectivity index is 1.77. The molecule has 2 aromatic carbocycles. The zero-order valence-electron chi connectivity index (χ0n) is 17.1. The van der Waals surface area contributed by atoms with Crippen LogP contribution in [0.15, 0.2) is 96.3 Å². The van der Waals surface area contributed by atoms with E-state index in [2.05, 4.69) is 9.97 Å². The average Bonchev–Trinajstić information content (AvgIpc) is 3.22. The summed E-state index contributed by atoms with van der Waals surface area (Å²) in [5.41, 5.74) is 3.63. The van der Waals surface area contributed by atoms with E-state index in [9.17, 15) is 12.8 Å². The first-order chi connectivity index (χ1) is 15.5. The summed E-state index contributed by atoms with van der Waals surface area (Å²) in [6.45, 7) is 1.70. The topological polar surface area (TPSA) is 64.8 Å². The van der Waals surface area contributed by atoms with Crippen LogP contribution in [-0.2, 0) is 10.0 Å². The molecule has 3 heterocycles. The van der Waals surface area contributed by atoms with Gasteiger partial charge in [0.2, 0.25) is 0 Å². The largest absolute Gasteiger partial charge is 0.269 e. The van der Waals surface area contributed by atoms with Gasteiger partial charge in [0.15, 0.2) is 5.65 Å². The molecule has 0 aliphatic rings. The molecule has 0 saturated carbocycles. The maximum absolute atomic E-state index is 13.8. The fraction of sp³-hybridized carbons (Fsp3) is 0.0400. The molecule has 0 unspecified atom stereocenters. The van der Waals surface area contributed by atoms with Gasteiger partial charge in [-0.1, -0.05) is 24.3 Å². The van der Waals surface area contributed by atoms with Crippen LogP contribution in [0.4, 0.5) is 4.39 Å². The number of nitrogens with zero attached hydrogens (tertiary/aromatic N) is 3. The molecule has 158 valence electrons.